The molecule has 0 spiro atoms. The Kier molecular flexibility index (Phi) is 4.48. The zero-order valence-electron chi connectivity index (χ0n) is 11.2. The first-order valence-electron chi connectivity index (χ1n) is 6.82. The first-order chi connectivity index (χ1) is 10.1. The summed E-state index contributed by atoms with van der Waals surface area (Å²) in [5, 5.41) is 5.23. The first kappa shape index (κ1) is 14.8. The molecule has 1 aromatic heterocycles. The first-order valence-corrected chi connectivity index (χ1v) is 8.39. The Hall–Kier alpha value is -1.10. The van der Waals surface area contributed by atoms with Crippen LogP contribution < -0.4 is 5.32 Å². The van der Waals surface area contributed by atoms with Crippen LogP contribution in [0.5, 0.6) is 0 Å². The summed E-state index contributed by atoms with van der Waals surface area (Å²) in [6.45, 7) is 0.499. The Morgan fingerprint density at radius 3 is 2.71 bits per heavy atom. The average molecular weight is 341 g/mol. The number of thiazole rings is 1. The maximum Gasteiger partial charge on any atom is 0.263 e. The summed E-state index contributed by atoms with van der Waals surface area (Å²) in [7, 11) is 0. The molecule has 0 unspecified atom stereocenters. The van der Waals surface area contributed by atoms with Crippen LogP contribution in [0.4, 0.5) is 0 Å². The molecule has 0 radical (unpaired) electrons. The summed E-state index contributed by atoms with van der Waals surface area (Å²) in [5.41, 5.74) is 0.865. The van der Waals surface area contributed by atoms with E-state index in [2.05, 4.69) is 10.3 Å². The van der Waals surface area contributed by atoms with Crippen LogP contribution in [0.3, 0.4) is 0 Å². The van der Waals surface area contributed by atoms with E-state index in [-0.39, 0.29) is 5.91 Å². The minimum Gasteiger partial charge on any atom is -0.351 e. The van der Waals surface area contributed by atoms with Crippen LogP contribution in [0, 0.1) is 0 Å². The van der Waals surface area contributed by atoms with Crippen molar-refractivity contribution in [2.45, 2.75) is 25.2 Å². The maximum atomic E-state index is 12.1. The number of rotatable bonds is 5. The summed E-state index contributed by atoms with van der Waals surface area (Å²) < 4.78 is 0. The zero-order chi connectivity index (χ0) is 14.8. The smallest absolute Gasteiger partial charge is 0.263 e. The topological polar surface area (TPSA) is 42.0 Å². The second-order valence-corrected chi connectivity index (χ2v) is 6.92. The van der Waals surface area contributed by atoms with E-state index in [4.69, 9.17) is 23.2 Å². The summed E-state index contributed by atoms with van der Waals surface area (Å²) in [4.78, 5) is 17.0. The van der Waals surface area contributed by atoms with Gasteiger partial charge in [0.15, 0.2) is 0 Å². The number of halogens is 2. The van der Waals surface area contributed by atoms with E-state index in [0.29, 0.717) is 33.8 Å². The molecule has 0 bridgehead atoms. The molecule has 1 fully saturated rings. The van der Waals surface area contributed by atoms with Gasteiger partial charge in [0.1, 0.15) is 4.88 Å². The lowest BCUT2D eigenvalue weighted by atomic mass is 10.1. The summed E-state index contributed by atoms with van der Waals surface area (Å²) >= 11 is 13.7. The molecule has 3 nitrogen and oxygen atoms in total. The molecule has 1 saturated carbocycles. The molecule has 1 N–H and O–H groups in total. The number of benzene rings is 1. The Balaban J connectivity index is 1.55. The molecule has 1 aliphatic carbocycles. The minimum atomic E-state index is -0.0809. The SMILES string of the molecule is O=C(NCCc1c(Cl)cccc1Cl)c1cnc(C2CC2)s1. The predicted molar refractivity (Wildman–Crippen MR) is 86.6 cm³/mol. The van der Waals surface area contributed by atoms with Gasteiger partial charge >= 0.3 is 0 Å². The second kappa shape index (κ2) is 6.34. The van der Waals surface area contributed by atoms with Crippen LogP contribution in [0.25, 0.3) is 0 Å². The van der Waals surface area contributed by atoms with Crippen molar-refractivity contribution >= 4 is 40.4 Å². The molecular weight excluding hydrogens is 327 g/mol. The molecule has 1 amide bonds. The number of hydrogen-bond acceptors (Lipinski definition) is 3. The Bertz CT molecular complexity index is 647. The van der Waals surface area contributed by atoms with Gasteiger partial charge in [-0.25, -0.2) is 4.98 Å². The van der Waals surface area contributed by atoms with Gasteiger partial charge in [-0.05, 0) is 37.0 Å². The molecule has 0 aliphatic heterocycles. The lowest BCUT2D eigenvalue weighted by Crippen LogP contribution is -2.25. The third-order valence-corrected chi connectivity index (χ3v) is 5.26. The van der Waals surface area contributed by atoms with Crippen LogP contribution in [0.2, 0.25) is 10.0 Å². The summed E-state index contributed by atoms with van der Waals surface area (Å²) in [6, 6.07) is 5.41. The van der Waals surface area contributed by atoms with E-state index >= 15 is 0 Å². The summed E-state index contributed by atoms with van der Waals surface area (Å²) in [5.74, 6) is 0.501. The molecule has 1 aliphatic rings. The van der Waals surface area contributed by atoms with E-state index in [1.54, 1.807) is 18.3 Å². The van der Waals surface area contributed by atoms with Crippen molar-refractivity contribution in [2.24, 2.45) is 0 Å². The lowest BCUT2D eigenvalue weighted by molar-refractivity contribution is 0.0958. The van der Waals surface area contributed by atoms with Crippen molar-refractivity contribution in [1.82, 2.24) is 10.3 Å². The van der Waals surface area contributed by atoms with Crippen LogP contribution in [0.15, 0.2) is 24.4 Å². The van der Waals surface area contributed by atoms with E-state index < -0.39 is 0 Å². The standard InChI is InChI=1S/C15H14Cl2N2OS/c16-11-2-1-3-12(17)10(11)6-7-18-14(20)13-8-19-15(21-13)9-4-5-9/h1-3,8-9H,4-7H2,(H,18,20). The maximum absolute atomic E-state index is 12.1. The molecule has 2 aromatic rings. The number of hydrogen-bond donors (Lipinski definition) is 1. The van der Waals surface area contributed by atoms with E-state index in [0.717, 1.165) is 10.6 Å². The molecule has 1 heterocycles. The highest BCUT2D eigenvalue weighted by Crippen LogP contribution is 2.41. The molecule has 3 rings (SSSR count). The van der Waals surface area contributed by atoms with Crippen LogP contribution in [-0.4, -0.2) is 17.4 Å². The van der Waals surface area contributed by atoms with Crippen molar-refractivity contribution in [1.29, 1.82) is 0 Å². The Morgan fingerprint density at radius 1 is 1.33 bits per heavy atom. The molecule has 110 valence electrons. The van der Waals surface area contributed by atoms with Gasteiger partial charge in [-0.2, -0.15) is 0 Å². The van der Waals surface area contributed by atoms with Gasteiger partial charge in [0.05, 0.1) is 11.2 Å². The number of nitrogens with zero attached hydrogens (tertiary/aromatic N) is 1. The number of amides is 1. The number of carbonyl (C=O) groups is 1. The lowest BCUT2D eigenvalue weighted by Gasteiger charge is -2.07. The van der Waals surface area contributed by atoms with E-state index in [1.807, 2.05) is 6.07 Å². The third-order valence-electron chi connectivity index (χ3n) is 3.40. The molecule has 0 atom stereocenters. The van der Waals surface area contributed by atoms with Gasteiger partial charge in [0, 0.05) is 22.5 Å². The molecule has 1 aromatic carbocycles. The predicted octanol–water partition coefficient (Wildman–Crippen LogP) is 4.30. The largest absolute Gasteiger partial charge is 0.351 e. The van der Waals surface area contributed by atoms with Crippen LogP contribution in [-0.2, 0) is 6.42 Å². The van der Waals surface area contributed by atoms with Gasteiger partial charge in [-0.15, -0.1) is 11.3 Å². The minimum absolute atomic E-state index is 0.0809. The number of nitrogens with one attached hydrogen (secondary N) is 1. The van der Waals surface area contributed by atoms with Crippen molar-refractivity contribution in [3.63, 3.8) is 0 Å². The van der Waals surface area contributed by atoms with Gasteiger partial charge in [0.25, 0.3) is 5.91 Å². The highest BCUT2D eigenvalue weighted by atomic mass is 35.5. The number of aromatic nitrogens is 1. The second-order valence-electron chi connectivity index (χ2n) is 5.04. The fourth-order valence-corrected chi connectivity index (χ4v) is 3.66. The molecule has 0 saturated heterocycles. The Labute approximate surface area is 137 Å². The van der Waals surface area contributed by atoms with Crippen LogP contribution in [0.1, 0.15) is 39.0 Å². The molecule has 6 heteroatoms. The zero-order valence-corrected chi connectivity index (χ0v) is 13.6. The monoisotopic (exact) mass is 340 g/mol. The van der Waals surface area contributed by atoms with E-state index in [1.165, 1.54) is 24.2 Å². The fourth-order valence-electron chi connectivity index (χ4n) is 2.07. The van der Waals surface area contributed by atoms with Gasteiger partial charge < -0.3 is 5.32 Å². The fraction of sp³-hybridized carbons (Fsp3) is 0.333. The van der Waals surface area contributed by atoms with Gasteiger partial charge in [0.2, 0.25) is 0 Å². The molecule has 21 heavy (non-hydrogen) atoms. The Morgan fingerprint density at radius 2 is 2.05 bits per heavy atom. The van der Waals surface area contributed by atoms with E-state index in [9.17, 15) is 4.79 Å². The average Bonchev–Trinajstić information content (AvgIpc) is 3.19. The third kappa shape index (κ3) is 3.57. The highest BCUT2D eigenvalue weighted by molar-refractivity contribution is 7.13. The van der Waals surface area contributed by atoms with Crippen molar-refractivity contribution in [3.05, 3.63) is 49.9 Å². The van der Waals surface area contributed by atoms with Crippen molar-refractivity contribution in [2.75, 3.05) is 6.54 Å². The highest BCUT2D eigenvalue weighted by Gasteiger charge is 2.27. The molecular formula is C15H14Cl2N2OS. The van der Waals surface area contributed by atoms with Gasteiger partial charge in [-0.1, -0.05) is 29.3 Å². The summed E-state index contributed by atoms with van der Waals surface area (Å²) in [6.07, 6.45) is 4.66. The normalized spacial score (nSPS) is 14.2. The van der Waals surface area contributed by atoms with Gasteiger partial charge in [-0.3, -0.25) is 4.79 Å². The van der Waals surface area contributed by atoms with Crippen molar-refractivity contribution in [3.8, 4) is 0 Å². The van der Waals surface area contributed by atoms with Crippen molar-refractivity contribution < 1.29 is 4.79 Å². The quantitative estimate of drug-likeness (QED) is 0.881. The number of carbonyl (C=O) groups excluding carboxylic acids is 1. The van der Waals surface area contributed by atoms with Crippen LogP contribution >= 0.6 is 34.5 Å².